The molecule has 2 aromatic heterocycles. The van der Waals surface area contributed by atoms with Crippen LogP contribution in [0.5, 0.6) is 0 Å². The van der Waals surface area contributed by atoms with Crippen LogP contribution in [0.2, 0.25) is 5.02 Å². The number of piperazine rings is 1. The van der Waals surface area contributed by atoms with Crippen LogP contribution in [0.1, 0.15) is 37.8 Å². The van der Waals surface area contributed by atoms with Crippen molar-refractivity contribution in [1.82, 2.24) is 25.5 Å². The van der Waals surface area contributed by atoms with Crippen molar-refractivity contribution < 1.29 is 0 Å². The zero-order valence-electron chi connectivity index (χ0n) is 16.2. The largest absolute Gasteiger partial charge is 0.353 e. The Labute approximate surface area is 170 Å². The van der Waals surface area contributed by atoms with Gasteiger partial charge in [-0.2, -0.15) is 15.1 Å². The van der Waals surface area contributed by atoms with Gasteiger partial charge in [-0.3, -0.25) is 5.10 Å². The molecule has 28 heavy (non-hydrogen) atoms. The Kier molecular flexibility index (Phi) is 4.76. The minimum atomic E-state index is 0.564. The molecule has 0 radical (unpaired) electrons. The Morgan fingerprint density at radius 3 is 2.64 bits per heavy atom. The average Bonchev–Trinajstić information content (AvgIpc) is 3.30. The highest BCUT2D eigenvalue weighted by molar-refractivity contribution is 6.35. The summed E-state index contributed by atoms with van der Waals surface area (Å²) in [6.07, 6.45) is 3.64. The van der Waals surface area contributed by atoms with E-state index in [-0.39, 0.29) is 0 Å². The van der Waals surface area contributed by atoms with Gasteiger partial charge in [0, 0.05) is 56.9 Å². The number of anilines is 4. The monoisotopic (exact) mass is 402 g/mol. The van der Waals surface area contributed by atoms with Gasteiger partial charge >= 0.3 is 0 Å². The summed E-state index contributed by atoms with van der Waals surface area (Å²) in [5, 5.41) is 14.8. The van der Waals surface area contributed by atoms with E-state index in [0.29, 0.717) is 22.7 Å². The van der Waals surface area contributed by atoms with E-state index >= 15 is 0 Å². The van der Waals surface area contributed by atoms with E-state index in [1.54, 1.807) is 0 Å². The predicted octanol–water partition coefficient (Wildman–Crippen LogP) is 2.73. The molecule has 0 bridgehead atoms. The van der Waals surface area contributed by atoms with Crippen molar-refractivity contribution in [2.45, 2.75) is 32.1 Å². The van der Waals surface area contributed by atoms with Crippen molar-refractivity contribution >= 4 is 35.0 Å². The summed E-state index contributed by atoms with van der Waals surface area (Å²) in [6.45, 7) is 7.89. The zero-order chi connectivity index (χ0) is 19.1. The van der Waals surface area contributed by atoms with Crippen molar-refractivity contribution in [3.05, 3.63) is 16.8 Å². The maximum Gasteiger partial charge on any atom is 0.229 e. The Morgan fingerprint density at radius 2 is 1.93 bits per heavy atom. The van der Waals surface area contributed by atoms with Crippen LogP contribution in [0.25, 0.3) is 0 Å². The van der Waals surface area contributed by atoms with Gasteiger partial charge in [0.05, 0.1) is 0 Å². The molecular weight excluding hydrogens is 376 g/mol. The van der Waals surface area contributed by atoms with Crippen LogP contribution < -0.4 is 20.4 Å². The minimum absolute atomic E-state index is 0.564. The molecular formula is C19H27ClN8. The quantitative estimate of drug-likeness (QED) is 0.708. The second kappa shape index (κ2) is 7.40. The molecule has 0 spiro atoms. The second-order valence-electron chi connectivity index (χ2n) is 8.19. The summed E-state index contributed by atoms with van der Waals surface area (Å²) in [6, 6.07) is 2.07. The van der Waals surface area contributed by atoms with Gasteiger partial charge in [-0.1, -0.05) is 18.5 Å². The molecule has 2 aromatic rings. The molecule has 4 heterocycles. The molecule has 0 aromatic carbocycles. The highest BCUT2D eigenvalue weighted by Gasteiger charge is 2.28. The van der Waals surface area contributed by atoms with Crippen LogP contribution in [0.4, 0.5) is 23.4 Å². The number of aromatic amines is 1. The number of aromatic nitrogens is 4. The highest BCUT2D eigenvalue weighted by Crippen LogP contribution is 2.40. The molecule has 150 valence electrons. The summed E-state index contributed by atoms with van der Waals surface area (Å²) in [5.41, 5.74) is 1.18. The lowest BCUT2D eigenvalue weighted by molar-refractivity contribution is 0.584. The van der Waals surface area contributed by atoms with Gasteiger partial charge in [0.1, 0.15) is 5.02 Å². The third-order valence-electron chi connectivity index (χ3n) is 5.81. The molecule has 3 aliphatic rings. The lowest BCUT2D eigenvalue weighted by Gasteiger charge is -2.30. The molecule has 8 nitrogen and oxygen atoms in total. The van der Waals surface area contributed by atoms with Crippen molar-refractivity contribution in [1.29, 1.82) is 0 Å². The number of nitrogens with one attached hydrogen (secondary N) is 3. The van der Waals surface area contributed by atoms with E-state index < -0.39 is 0 Å². The van der Waals surface area contributed by atoms with Gasteiger partial charge in [-0.05, 0) is 25.2 Å². The molecule has 1 unspecified atom stereocenters. The first-order chi connectivity index (χ1) is 13.7. The van der Waals surface area contributed by atoms with E-state index in [0.717, 1.165) is 56.9 Å². The Bertz CT molecular complexity index is 842. The summed E-state index contributed by atoms with van der Waals surface area (Å²) in [5.74, 6) is 4.24. The zero-order valence-corrected chi connectivity index (χ0v) is 17.0. The standard InChI is InChI=1S/C19H27ClN8/c1-12-4-7-28(11-12)19-23-17(22-15-10-14(25-26-15)13-2-3-13)16(20)18(24-19)27-8-5-21-6-9-27/h10,12-13,21H,2-9,11H2,1H3,(H2,22,23,24,25,26). The topological polar surface area (TPSA) is 85.0 Å². The summed E-state index contributed by atoms with van der Waals surface area (Å²) in [4.78, 5) is 14.2. The lowest BCUT2D eigenvalue weighted by Crippen LogP contribution is -2.44. The summed E-state index contributed by atoms with van der Waals surface area (Å²) in [7, 11) is 0. The molecule has 1 saturated carbocycles. The van der Waals surface area contributed by atoms with Gasteiger partial charge in [-0.25, -0.2) is 0 Å². The number of halogens is 1. The number of hydrogen-bond donors (Lipinski definition) is 3. The third-order valence-corrected chi connectivity index (χ3v) is 6.15. The predicted molar refractivity (Wildman–Crippen MR) is 112 cm³/mol. The van der Waals surface area contributed by atoms with Crippen molar-refractivity contribution in [3.8, 4) is 0 Å². The average molecular weight is 403 g/mol. The van der Waals surface area contributed by atoms with Crippen molar-refractivity contribution in [2.24, 2.45) is 5.92 Å². The normalized spacial score (nSPS) is 22.7. The molecule has 2 saturated heterocycles. The molecule has 9 heteroatoms. The van der Waals surface area contributed by atoms with Gasteiger partial charge in [0.2, 0.25) is 5.95 Å². The van der Waals surface area contributed by atoms with Crippen LogP contribution in [0.15, 0.2) is 6.07 Å². The van der Waals surface area contributed by atoms with Crippen LogP contribution in [-0.4, -0.2) is 59.4 Å². The lowest BCUT2D eigenvalue weighted by atomic mass is 10.2. The van der Waals surface area contributed by atoms with Crippen LogP contribution in [0, 0.1) is 5.92 Å². The second-order valence-corrected chi connectivity index (χ2v) is 8.57. The molecule has 2 aliphatic heterocycles. The Hall–Kier alpha value is -2.06. The first kappa shape index (κ1) is 18.0. The van der Waals surface area contributed by atoms with E-state index in [2.05, 4.69) is 43.6 Å². The first-order valence-electron chi connectivity index (χ1n) is 10.3. The Balaban J connectivity index is 1.47. The van der Waals surface area contributed by atoms with Crippen molar-refractivity contribution in [2.75, 3.05) is 54.4 Å². The highest BCUT2D eigenvalue weighted by atomic mass is 35.5. The fraction of sp³-hybridized carbons (Fsp3) is 0.632. The van der Waals surface area contributed by atoms with Crippen LogP contribution >= 0.6 is 11.6 Å². The van der Waals surface area contributed by atoms with Gasteiger partial charge in [0.15, 0.2) is 17.5 Å². The Morgan fingerprint density at radius 1 is 1.11 bits per heavy atom. The molecule has 5 rings (SSSR count). The van der Waals surface area contributed by atoms with Gasteiger partial charge in [0.25, 0.3) is 0 Å². The smallest absolute Gasteiger partial charge is 0.229 e. The van der Waals surface area contributed by atoms with Crippen molar-refractivity contribution in [3.63, 3.8) is 0 Å². The van der Waals surface area contributed by atoms with Crippen LogP contribution in [-0.2, 0) is 0 Å². The van der Waals surface area contributed by atoms with E-state index in [4.69, 9.17) is 21.6 Å². The summed E-state index contributed by atoms with van der Waals surface area (Å²) < 4.78 is 0. The molecule has 1 atom stereocenters. The van der Waals surface area contributed by atoms with Crippen LogP contribution in [0.3, 0.4) is 0 Å². The first-order valence-corrected chi connectivity index (χ1v) is 10.7. The molecule has 3 fully saturated rings. The molecule has 0 amide bonds. The fourth-order valence-corrected chi connectivity index (χ4v) is 4.23. The van der Waals surface area contributed by atoms with E-state index in [9.17, 15) is 0 Å². The number of hydrogen-bond acceptors (Lipinski definition) is 7. The molecule has 3 N–H and O–H groups in total. The SMILES string of the molecule is CC1CCN(c2nc(Nc3cc(C4CC4)[nH]n3)c(Cl)c(N3CCNCC3)n2)C1. The van der Waals surface area contributed by atoms with E-state index in [1.807, 2.05) is 0 Å². The van der Waals surface area contributed by atoms with Gasteiger partial charge in [-0.15, -0.1) is 0 Å². The third kappa shape index (κ3) is 3.63. The summed E-state index contributed by atoms with van der Waals surface area (Å²) >= 11 is 6.77. The maximum atomic E-state index is 6.77. The van der Waals surface area contributed by atoms with Gasteiger partial charge < -0.3 is 20.4 Å². The number of H-pyrrole nitrogens is 1. The number of nitrogens with zero attached hydrogens (tertiary/aromatic N) is 5. The van der Waals surface area contributed by atoms with E-state index in [1.165, 1.54) is 25.0 Å². The molecule has 1 aliphatic carbocycles. The fourth-order valence-electron chi connectivity index (χ4n) is 3.98. The maximum absolute atomic E-state index is 6.77. The minimum Gasteiger partial charge on any atom is -0.353 e. The number of rotatable bonds is 5.